The van der Waals surface area contributed by atoms with Crippen LogP contribution in [0.4, 0.5) is 4.39 Å². The van der Waals surface area contributed by atoms with Gasteiger partial charge in [-0.25, -0.2) is 9.37 Å². The maximum atomic E-state index is 14.6. The van der Waals surface area contributed by atoms with Crippen molar-refractivity contribution in [2.75, 3.05) is 14.2 Å². The van der Waals surface area contributed by atoms with Gasteiger partial charge < -0.3 is 24.1 Å². The summed E-state index contributed by atoms with van der Waals surface area (Å²) in [6.07, 6.45) is 9.40. The van der Waals surface area contributed by atoms with E-state index >= 15 is 0 Å². The predicted molar refractivity (Wildman–Crippen MR) is 132 cm³/mol. The van der Waals surface area contributed by atoms with Gasteiger partial charge in [0.25, 0.3) is 0 Å². The molecule has 36 heavy (non-hydrogen) atoms. The number of aromatic nitrogens is 3. The van der Waals surface area contributed by atoms with Crippen molar-refractivity contribution in [1.82, 2.24) is 19.9 Å². The van der Waals surface area contributed by atoms with Crippen molar-refractivity contribution in [1.29, 1.82) is 0 Å². The summed E-state index contributed by atoms with van der Waals surface area (Å²) in [5.74, 6) is 1.32. The highest BCUT2D eigenvalue weighted by Gasteiger charge is 2.21. The van der Waals surface area contributed by atoms with Crippen molar-refractivity contribution in [2.45, 2.75) is 6.04 Å². The summed E-state index contributed by atoms with van der Waals surface area (Å²) in [4.78, 5) is 21.2. The summed E-state index contributed by atoms with van der Waals surface area (Å²) in [5, 5.41) is 2.96. The van der Waals surface area contributed by atoms with Crippen LogP contribution >= 0.6 is 0 Å². The molecule has 0 saturated heterocycles. The van der Waals surface area contributed by atoms with Crippen LogP contribution in [0.3, 0.4) is 0 Å². The van der Waals surface area contributed by atoms with E-state index < -0.39 is 11.9 Å². The second-order valence-electron chi connectivity index (χ2n) is 7.80. The topological polar surface area (TPSA) is 87.5 Å². The molecule has 9 heteroatoms. The minimum absolute atomic E-state index is 0.0615. The first-order chi connectivity index (χ1) is 17.5. The number of ether oxygens (including phenoxy) is 3. The molecule has 1 unspecified atom stereocenters. The Morgan fingerprint density at radius 2 is 1.83 bits per heavy atom. The summed E-state index contributed by atoms with van der Waals surface area (Å²) in [5.41, 5.74) is 1.22. The predicted octanol–water partition coefficient (Wildman–Crippen LogP) is 4.68. The second-order valence-corrected chi connectivity index (χ2v) is 7.80. The fraction of sp³-hybridized carbons (Fsp3) is 0.148. The Balaban J connectivity index is 1.53. The summed E-state index contributed by atoms with van der Waals surface area (Å²) >= 11 is 0. The molecule has 1 N–H and O–H groups in total. The van der Waals surface area contributed by atoms with Crippen LogP contribution in [0.1, 0.15) is 23.0 Å². The standard InChI is InChI=1S/C27H25FN4O4/c1-32-12-11-30-27(32)26(19-14-21(34-2)16-22(15-19)35-3)31-25(33)9-7-18-6-8-24(23(28)13-18)36-20-5-4-10-29-17-20/h4-17,26H,1-3H3,(H,31,33)/b9-7+. The molecule has 0 aliphatic carbocycles. The third-order valence-electron chi connectivity index (χ3n) is 5.36. The van der Waals surface area contributed by atoms with Crippen molar-refractivity contribution in [3.05, 3.63) is 102 Å². The highest BCUT2D eigenvalue weighted by atomic mass is 19.1. The van der Waals surface area contributed by atoms with Crippen molar-refractivity contribution < 1.29 is 23.4 Å². The summed E-state index contributed by atoms with van der Waals surface area (Å²) in [6, 6.07) is 12.6. The molecule has 0 saturated carbocycles. The molecule has 2 aromatic carbocycles. The molecular formula is C27H25FN4O4. The van der Waals surface area contributed by atoms with E-state index in [0.29, 0.717) is 28.6 Å². The SMILES string of the molecule is COc1cc(OC)cc(C(NC(=O)/C=C/c2ccc(Oc3cccnc3)c(F)c2)c2nccn2C)c1. The van der Waals surface area contributed by atoms with Crippen LogP contribution in [-0.2, 0) is 11.8 Å². The first kappa shape index (κ1) is 24.5. The van der Waals surface area contributed by atoms with Crippen LogP contribution in [0.2, 0.25) is 0 Å². The normalized spacial score (nSPS) is 11.8. The maximum absolute atomic E-state index is 14.6. The Kier molecular flexibility index (Phi) is 7.60. The van der Waals surface area contributed by atoms with E-state index in [2.05, 4.69) is 15.3 Å². The fourth-order valence-electron chi connectivity index (χ4n) is 3.55. The molecule has 4 rings (SSSR count). The lowest BCUT2D eigenvalue weighted by Crippen LogP contribution is -2.29. The molecule has 0 fully saturated rings. The van der Waals surface area contributed by atoms with Crippen LogP contribution in [0.25, 0.3) is 6.08 Å². The van der Waals surface area contributed by atoms with Crippen molar-refractivity contribution in [3.63, 3.8) is 0 Å². The number of methoxy groups -OCH3 is 2. The average Bonchev–Trinajstić information content (AvgIpc) is 3.33. The number of amides is 1. The number of carbonyl (C=O) groups is 1. The molecule has 0 aliphatic rings. The number of nitrogens with zero attached hydrogens (tertiary/aromatic N) is 3. The van der Waals surface area contributed by atoms with Gasteiger partial charge in [0, 0.05) is 37.8 Å². The minimum atomic E-state index is -0.585. The highest BCUT2D eigenvalue weighted by Crippen LogP contribution is 2.30. The zero-order valence-electron chi connectivity index (χ0n) is 20.0. The van der Waals surface area contributed by atoms with Gasteiger partial charge >= 0.3 is 0 Å². The van der Waals surface area contributed by atoms with E-state index in [4.69, 9.17) is 14.2 Å². The van der Waals surface area contributed by atoms with Gasteiger partial charge in [-0.15, -0.1) is 0 Å². The summed E-state index contributed by atoms with van der Waals surface area (Å²) in [6.45, 7) is 0. The van der Waals surface area contributed by atoms with E-state index in [1.54, 1.807) is 57.1 Å². The number of halogens is 1. The number of aryl methyl sites for hydroxylation is 1. The zero-order valence-corrected chi connectivity index (χ0v) is 20.0. The number of imidazole rings is 1. The molecule has 1 atom stereocenters. The lowest BCUT2D eigenvalue weighted by molar-refractivity contribution is -0.117. The highest BCUT2D eigenvalue weighted by molar-refractivity contribution is 5.92. The number of carbonyl (C=O) groups excluding carboxylic acids is 1. The lowest BCUT2D eigenvalue weighted by Gasteiger charge is -2.20. The van der Waals surface area contributed by atoms with E-state index in [-0.39, 0.29) is 11.7 Å². The molecule has 1 amide bonds. The second kappa shape index (κ2) is 11.2. The zero-order chi connectivity index (χ0) is 25.5. The van der Waals surface area contributed by atoms with Crippen LogP contribution in [0.15, 0.2) is 79.4 Å². The van der Waals surface area contributed by atoms with Crippen LogP contribution in [-0.4, -0.2) is 34.7 Å². The number of hydrogen-bond donors (Lipinski definition) is 1. The fourth-order valence-corrected chi connectivity index (χ4v) is 3.55. The number of nitrogens with one attached hydrogen (secondary N) is 1. The first-order valence-electron chi connectivity index (χ1n) is 11.0. The third kappa shape index (κ3) is 5.87. The average molecular weight is 489 g/mol. The molecule has 0 bridgehead atoms. The van der Waals surface area contributed by atoms with Gasteiger partial charge in [-0.1, -0.05) is 6.07 Å². The van der Waals surface area contributed by atoms with E-state index in [0.717, 1.165) is 5.56 Å². The van der Waals surface area contributed by atoms with Gasteiger partial charge in [0.2, 0.25) is 5.91 Å². The molecule has 8 nitrogen and oxygen atoms in total. The number of hydrogen-bond acceptors (Lipinski definition) is 6. The van der Waals surface area contributed by atoms with Crippen molar-refractivity contribution in [2.24, 2.45) is 7.05 Å². The largest absolute Gasteiger partial charge is 0.497 e. The Bertz CT molecular complexity index is 1350. The quantitative estimate of drug-likeness (QED) is 0.344. The van der Waals surface area contributed by atoms with Gasteiger partial charge in [-0.3, -0.25) is 9.78 Å². The van der Waals surface area contributed by atoms with E-state index in [9.17, 15) is 9.18 Å². The minimum Gasteiger partial charge on any atom is -0.497 e. The number of rotatable bonds is 9. The molecule has 2 heterocycles. The van der Waals surface area contributed by atoms with Crippen molar-refractivity contribution in [3.8, 4) is 23.0 Å². The molecule has 0 aliphatic heterocycles. The van der Waals surface area contributed by atoms with Gasteiger partial charge in [0.1, 0.15) is 29.1 Å². The molecule has 4 aromatic rings. The summed E-state index contributed by atoms with van der Waals surface area (Å²) < 4.78 is 32.6. The van der Waals surface area contributed by atoms with Gasteiger partial charge in [-0.05, 0) is 53.6 Å². The van der Waals surface area contributed by atoms with Crippen molar-refractivity contribution >= 4 is 12.0 Å². The molecule has 0 spiro atoms. The van der Waals surface area contributed by atoms with Gasteiger partial charge in [-0.2, -0.15) is 0 Å². The van der Waals surface area contributed by atoms with E-state index in [1.165, 1.54) is 30.5 Å². The monoisotopic (exact) mass is 488 g/mol. The van der Waals surface area contributed by atoms with Gasteiger partial charge in [0.15, 0.2) is 11.6 Å². The van der Waals surface area contributed by atoms with Crippen LogP contribution in [0, 0.1) is 5.82 Å². The molecular weight excluding hydrogens is 463 g/mol. The summed E-state index contributed by atoms with van der Waals surface area (Å²) in [7, 11) is 4.95. The third-order valence-corrected chi connectivity index (χ3v) is 5.36. The first-order valence-corrected chi connectivity index (χ1v) is 11.0. The Labute approximate surface area is 208 Å². The van der Waals surface area contributed by atoms with Gasteiger partial charge in [0.05, 0.1) is 20.4 Å². The Hall–Kier alpha value is -4.66. The maximum Gasteiger partial charge on any atom is 0.244 e. The smallest absolute Gasteiger partial charge is 0.244 e. The van der Waals surface area contributed by atoms with Crippen LogP contribution in [0.5, 0.6) is 23.0 Å². The number of benzene rings is 2. The molecule has 2 aromatic heterocycles. The van der Waals surface area contributed by atoms with Crippen LogP contribution < -0.4 is 19.5 Å². The van der Waals surface area contributed by atoms with E-state index in [1.807, 2.05) is 23.7 Å². The number of pyridine rings is 1. The Morgan fingerprint density at radius 3 is 2.44 bits per heavy atom. The lowest BCUT2D eigenvalue weighted by atomic mass is 10.0. The molecule has 184 valence electrons. The Morgan fingerprint density at radius 1 is 1.06 bits per heavy atom. The molecule has 0 radical (unpaired) electrons.